The summed E-state index contributed by atoms with van der Waals surface area (Å²) in [5.41, 5.74) is 2.94. The summed E-state index contributed by atoms with van der Waals surface area (Å²) in [6, 6.07) is 9.88. The third-order valence-corrected chi connectivity index (χ3v) is 4.56. The molecule has 0 radical (unpaired) electrons. The van der Waals surface area contributed by atoms with E-state index in [-0.39, 0.29) is 6.10 Å². The lowest BCUT2D eigenvalue weighted by Crippen LogP contribution is -2.07. The lowest BCUT2D eigenvalue weighted by Gasteiger charge is -2.15. The van der Waals surface area contributed by atoms with Gasteiger partial charge in [0, 0.05) is 43.1 Å². The van der Waals surface area contributed by atoms with Crippen molar-refractivity contribution in [3.8, 4) is 11.5 Å². The average molecular weight is 384 g/mol. The van der Waals surface area contributed by atoms with E-state index in [0.717, 1.165) is 35.0 Å². The van der Waals surface area contributed by atoms with Crippen molar-refractivity contribution in [1.29, 1.82) is 0 Å². The molecule has 0 bridgehead atoms. The Kier molecular flexibility index (Phi) is 6.19. The molecule has 0 aliphatic rings. The highest BCUT2D eigenvalue weighted by atomic mass is 32.1. The zero-order valence-corrected chi connectivity index (χ0v) is 16.8. The Balaban J connectivity index is 1.73. The first-order valence-corrected chi connectivity index (χ1v) is 9.85. The molecule has 3 rings (SSSR count). The molecule has 2 aromatic heterocycles. The molecule has 0 aliphatic heterocycles. The molecule has 0 atom stereocenters. The molecular weight excluding hydrogens is 358 g/mol. The number of aromatic nitrogens is 2. The Morgan fingerprint density at radius 2 is 2.07 bits per heavy atom. The molecule has 2 heterocycles. The Hall–Kier alpha value is -2.73. The normalized spacial score (nSPS) is 10.8. The van der Waals surface area contributed by atoms with Crippen molar-refractivity contribution in [1.82, 2.24) is 9.78 Å². The van der Waals surface area contributed by atoms with Crippen molar-refractivity contribution in [2.75, 3.05) is 11.9 Å². The molecule has 1 aromatic carbocycles. The minimum atomic E-state index is 0.0796. The Bertz CT molecular complexity index is 885. The summed E-state index contributed by atoms with van der Waals surface area (Å²) in [6.45, 7) is 8.76. The molecule has 0 spiro atoms. The van der Waals surface area contributed by atoms with Crippen molar-refractivity contribution in [2.24, 2.45) is 7.05 Å². The van der Waals surface area contributed by atoms with Crippen LogP contribution in [0.15, 0.2) is 53.9 Å². The lowest BCUT2D eigenvalue weighted by molar-refractivity contribution is 0.240. The van der Waals surface area contributed by atoms with E-state index >= 15 is 0 Å². The van der Waals surface area contributed by atoms with Crippen LogP contribution in [0.5, 0.6) is 11.5 Å². The van der Waals surface area contributed by atoms with Gasteiger partial charge in [-0.2, -0.15) is 16.4 Å². The van der Waals surface area contributed by atoms with Gasteiger partial charge in [-0.05, 0) is 48.4 Å². The zero-order chi connectivity index (χ0) is 19.2. The van der Waals surface area contributed by atoms with E-state index in [9.17, 15) is 0 Å². The van der Waals surface area contributed by atoms with Crippen molar-refractivity contribution in [3.63, 3.8) is 0 Å². The second-order valence-corrected chi connectivity index (χ2v) is 7.35. The molecule has 0 unspecified atom stereocenters. The van der Waals surface area contributed by atoms with E-state index in [1.54, 1.807) is 16.0 Å². The summed E-state index contributed by atoms with van der Waals surface area (Å²) in [5.74, 6) is 2.27. The van der Waals surface area contributed by atoms with Crippen LogP contribution in [0.4, 0.5) is 5.82 Å². The number of aryl methyl sites for hydroxylation is 1. The third-order valence-electron chi connectivity index (χ3n) is 3.83. The number of anilines is 1. The second-order valence-electron chi connectivity index (χ2n) is 6.57. The van der Waals surface area contributed by atoms with Gasteiger partial charge in [-0.15, -0.1) is 0 Å². The molecule has 5 nitrogen and oxygen atoms in total. The van der Waals surface area contributed by atoms with E-state index < -0.39 is 0 Å². The smallest absolute Gasteiger partial charge is 0.152 e. The van der Waals surface area contributed by atoms with Gasteiger partial charge in [0.05, 0.1) is 12.7 Å². The average Bonchev–Trinajstić information content (AvgIpc) is 3.26. The molecule has 27 heavy (non-hydrogen) atoms. The molecule has 0 aliphatic carbocycles. The van der Waals surface area contributed by atoms with Gasteiger partial charge in [0.1, 0.15) is 11.5 Å². The lowest BCUT2D eigenvalue weighted by atomic mass is 10.1. The maximum Gasteiger partial charge on any atom is 0.152 e. The molecule has 0 amide bonds. The summed E-state index contributed by atoms with van der Waals surface area (Å²) in [5, 5.41) is 11.8. The van der Waals surface area contributed by atoms with Gasteiger partial charge < -0.3 is 14.8 Å². The van der Waals surface area contributed by atoms with E-state index in [4.69, 9.17) is 9.47 Å². The van der Waals surface area contributed by atoms with Gasteiger partial charge in [-0.25, -0.2) is 0 Å². The fraction of sp³-hybridized carbons (Fsp3) is 0.286. The van der Waals surface area contributed by atoms with Crippen LogP contribution < -0.4 is 14.8 Å². The summed E-state index contributed by atoms with van der Waals surface area (Å²) < 4.78 is 13.6. The van der Waals surface area contributed by atoms with Crippen LogP contribution in [0.2, 0.25) is 0 Å². The van der Waals surface area contributed by atoms with Crippen LogP contribution in [-0.4, -0.2) is 22.5 Å². The minimum absolute atomic E-state index is 0.0796. The number of nitrogens with one attached hydrogen (secondary N) is 1. The first kappa shape index (κ1) is 19.0. The molecule has 6 heteroatoms. The number of hydrogen-bond acceptors (Lipinski definition) is 5. The first-order valence-electron chi connectivity index (χ1n) is 8.91. The van der Waals surface area contributed by atoms with Gasteiger partial charge in [-0.1, -0.05) is 6.58 Å². The van der Waals surface area contributed by atoms with E-state index in [2.05, 4.69) is 33.8 Å². The van der Waals surface area contributed by atoms with E-state index in [1.165, 1.54) is 5.56 Å². The molecule has 1 N–H and O–H groups in total. The van der Waals surface area contributed by atoms with Crippen LogP contribution in [0.1, 0.15) is 25.0 Å². The SMILES string of the molecule is C=C(Nc1ccn(C)n1)c1cc(OCCc2ccsc2)cc(OC(C)C)c1. The van der Waals surface area contributed by atoms with Gasteiger partial charge in [-0.3, -0.25) is 4.68 Å². The predicted octanol–water partition coefficient (Wildman–Crippen LogP) is 4.97. The molecule has 0 saturated heterocycles. The highest BCUT2D eigenvalue weighted by Crippen LogP contribution is 2.28. The number of hydrogen-bond donors (Lipinski definition) is 1. The van der Waals surface area contributed by atoms with Crippen LogP contribution in [0.3, 0.4) is 0 Å². The number of nitrogens with zero attached hydrogens (tertiary/aromatic N) is 2. The molecule has 0 fully saturated rings. The monoisotopic (exact) mass is 383 g/mol. The Morgan fingerprint density at radius 3 is 2.74 bits per heavy atom. The summed E-state index contributed by atoms with van der Waals surface area (Å²) in [6.07, 6.45) is 2.84. The fourth-order valence-electron chi connectivity index (χ4n) is 2.60. The number of ether oxygens (including phenoxy) is 2. The van der Waals surface area contributed by atoms with E-state index in [0.29, 0.717) is 6.61 Å². The highest BCUT2D eigenvalue weighted by molar-refractivity contribution is 7.07. The van der Waals surface area contributed by atoms with Crippen LogP contribution >= 0.6 is 11.3 Å². The third kappa shape index (κ3) is 5.62. The highest BCUT2D eigenvalue weighted by Gasteiger charge is 2.09. The number of benzene rings is 1. The Morgan fingerprint density at radius 1 is 1.26 bits per heavy atom. The molecule has 0 saturated carbocycles. The largest absolute Gasteiger partial charge is 0.493 e. The van der Waals surface area contributed by atoms with Gasteiger partial charge in [0.15, 0.2) is 5.82 Å². The van der Waals surface area contributed by atoms with E-state index in [1.807, 2.05) is 51.4 Å². The van der Waals surface area contributed by atoms with Crippen molar-refractivity contribution in [2.45, 2.75) is 26.4 Å². The number of rotatable bonds is 9. The topological polar surface area (TPSA) is 48.3 Å². The molecule has 142 valence electrons. The molecular formula is C21H25N3O2S. The van der Waals surface area contributed by atoms with Gasteiger partial charge >= 0.3 is 0 Å². The maximum atomic E-state index is 5.98. The summed E-state index contributed by atoms with van der Waals surface area (Å²) in [4.78, 5) is 0. The van der Waals surface area contributed by atoms with Crippen LogP contribution in [0, 0.1) is 0 Å². The van der Waals surface area contributed by atoms with Crippen LogP contribution in [0.25, 0.3) is 5.70 Å². The summed E-state index contributed by atoms with van der Waals surface area (Å²) >= 11 is 1.70. The van der Waals surface area contributed by atoms with Gasteiger partial charge in [0.25, 0.3) is 0 Å². The minimum Gasteiger partial charge on any atom is -0.493 e. The quantitative estimate of drug-likeness (QED) is 0.566. The fourth-order valence-corrected chi connectivity index (χ4v) is 3.30. The summed E-state index contributed by atoms with van der Waals surface area (Å²) in [7, 11) is 1.88. The van der Waals surface area contributed by atoms with Crippen molar-refractivity contribution in [3.05, 3.63) is 65.0 Å². The predicted molar refractivity (Wildman–Crippen MR) is 112 cm³/mol. The van der Waals surface area contributed by atoms with Crippen molar-refractivity contribution < 1.29 is 9.47 Å². The zero-order valence-electron chi connectivity index (χ0n) is 15.9. The first-order chi connectivity index (χ1) is 13.0. The molecule has 3 aromatic rings. The Labute approximate surface area is 164 Å². The maximum absolute atomic E-state index is 5.98. The second kappa shape index (κ2) is 8.77. The van der Waals surface area contributed by atoms with Gasteiger partial charge in [0.2, 0.25) is 0 Å². The van der Waals surface area contributed by atoms with Crippen molar-refractivity contribution >= 4 is 22.9 Å². The standard InChI is InChI=1S/C21H25N3O2S/c1-15(2)26-20-12-18(16(3)22-21-5-8-24(4)23-21)11-19(13-20)25-9-6-17-7-10-27-14-17/h5,7-8,10-15H,3,6,9H2,1-2,4H3,(H,22,23). The van der Waals surface area contributed by atoms with Crippen LogP contribution in [-0.2, 0) is 13.5 Å². The number of thiophene rings is 1.